The number of hydrogen-bond donors (Lipinski definition) is 2. The Kier molecular flexibility index (Phi) is 4.12. The van der Waals surface area contributed by atoms with E-state index in [-0.39, 0.29) is 12.6 Å². The predicted octanol–water partition coefficient (Wildman–Crippen LogP) is 1.88. The second kappa shape index (κ2) is 4.91. The lowest BCUT2D eigenvalue weighted by Crippen LogP contribution is -2.12. The van der Waals surface area contributed by atoms with Gasteiger partial charge in [0.2, 0.25) is 0 Å². The molecule has 1 aromatic heterocycles. The molecular weight excluding hydrogens is 255 g/mol. The van der Waals surface area contributed by atoms with Gasteiger partial charge in [-0.25, -0.2) is 4.98 Å². The van der Waals surface area contributed by atoms with Crippen LogP contribution in [0.2, 0.25) is 5.15 Å². The molecule has 0 bridgehead atoms. The van der Waals surface area contributed by atoms with E-state index in [9.17, 15) is 0 Å². The van der Waals surface area contributed by atoms with Gasteiger partial charge < -0.3 is 10.8 Å². The van der Waals surface area contributed by atoms with Crippen LogP contribution in [-0.2, 0) is 0 Å². The van der Waals surface area contributed by atoms with Crippen molar-refractivity contribution in [3.63, 3.8) is 0 Å². The van der Waals surface area contributed by atoms with E-state index >= 15 is 0 Å². The Morgan fingerprint density at radius 3 is 3.00 bits per heavy atom. The average molecular weight is 266 g/mol. The molecule has 0 spiro atoms. The summed E-state index contributed by atoms with van der Waals surface area (Å²) >= 11 is 9.08. The van der Waals surface area contributed by atoms with Gasteiger partial charge in [-0.1, -0.05) is 11.6 Å². The molecule has 0 aromatic carbocycles. The largest absolute Gasteiger partial charge is 0.396 e. The maximum atomic E-state index is 8.71. The van der Waals surface area contributed by atoms with Gasteiger partial charge in [0, 0.05) is 18.8 Å². The summed E-state index contributed by atoms with van der Waals surface area (Å²) in [7, 11) is 0. The van der Waals surface area contributed by atoms with E-state index in [2.05, 4.69) is 20.9 Å². The van der Waals surface area contributed by atoms with Gasteiger partial charge in [0.25, 0.3) is 0 Å². The molecule has 13 heavy (non-hydrogen) atoms. The van der Waals surface area contributed by atoms with E-state index in [1.165, 1.54) is 0 Å². The molecule has 0 aliphatic rings. The number of hydrogen-bond acceptors (Lipinski definition) is 3. The zero-order valence-corrected chi connectivity index (χ0v) is 9.22. The lowest BCUT2D eigenvalue weighted by Gasteiger charge is -2.12. The quantitative estimate of drug-likeness (QED) is 0.821. The Labute approximate surface area is 90.1 Å². The maximum absolute atomic E-state index is 8.71. The molecule has 1 atom stereocenters. The zero-order valence-electron chi connectivity index (χ0n) is 6.87. The molecule has 3 N–H and O–H groups in total. The molecule has 0 saturated heterocycles. The average Bonchev–Trinajstić information content (AvgIpc) is 2.10. The van der Waals surface area contributed by atoms with Gasteiger partial charge in [0.05, 0.1) is 4.47 Å². The zero-order chi connectivity index (χ0) is 9.84. The number of aliphatic hydroxyl groups excluding tert-OH is 1. The Morgan fingerprint density at radius 2 is 2.38 bits per heavy atom. The van der Waals surface area contributed by atoms with Gasteiger partial charge in [-0.05, 0) is 34.0 Å². The van der Waals surface area contributed by atoms with Crippen molar-refractivity contribution in [2.24, 2.45) is 5.73 Å². The van der Waals surface area contributed by atoms with Gasteiger partial charge in [-0.3, -0.25) is 0 Å². The van der Waals surface area contributed by atoms with Crippen LogP contribution in [0.15, 0.2) is 16.7 Å². The van der Waals surface area contributed by atoms with E-state index < -0.39 is 0 Å². The van der Waals surface area contributed by atoms with Crippen LogP contribution in [0.3, 0.4) is 0 Å². The minimum absolute atomic E-state index is 0.0630. The van der Waals surface area contributed by atoms with Crippen molar-refractivity contribution in [3.8, 4) is 0 Å². The van der Waals surface area contributed by atoms with Gasteiger partial charge in [0.1, 0.15) is 5.15 Å². The second-order valence-corrected chi connectivity index (χ2v) is 3.77. The summed E-state index contributed by atoms with van der Waals surface area (Å²) in [4.78, 5) is 3.88. The fraction of sp³-hybridized carbons (Fsp3) is 0.375. The van der Waals surface area contributed by atoms with Crippen molar-refractivity contribution in [1.29, 1.82) is 0 Å². The summed E-state index contributed by atoms with van der Waals surface area (Å²) in [5.74, 6) is 0. The summed E-state index contributed by atoms with van der Waals surface area (Å²) in [6, 6.07) is 1.58. The third-order valence-corrected chi connectivity index (χ3v) is 3.06. The van der Waals surface area contributed by atoms with E-state index in [0.717, 1.165) is 5.56 Å². The predicted molar refractivity (Wildman–Crippen MR) is 55.6 cm³/mol. The molecule has 1 rings (SSSR count). The number of pyridine rings is 1. The molecule has 5 heteroatoms. The number of aliphatic hydroxyl groups is 1. The standard InChI is InChI=1S/C8H10BrClN2O/c9-7-5(6(11)2-4-13)1-3-12-8(7)10/h1,3,6,13H,2,4,11H2/t6-/m0/s1. The van der Waals surface area contributed by atoms with Crippen molar-refractivity contribution in [2.45, 2.75) is 12.5 Å². The molecule has 0 saturated carbocycles. The summed E-state index contributed by atoms with van der Waals surface area (Å²) in [5, 5.41) is 9.11. The molecule has 0 fully saturated rings. The summed E-state index contributed by atoms with van der Waals surface area (Å²) in [6.45, 7) is 0.0630. The van der Waals surface area contributed by atoms with Crippen molar-refractivity contribution in [3.05, 3.63) is 27.5 Å². The molecule has 0 amide bonds. The molecule has 3 nitrogen and oxygen atoms in total. The lowest BCUT2D eigenvalue weighted by molar-refractivity contribution is 0.276. The van der Waals surface area contributed by atoms with Gasteiger partial charge in [0.15, 0.2) is 0 Å². The van der Waals surface area contributed by atoms with Crippen LogP contribution < -0.4 is 5.73 Å². The van der Waals surface area contributed by atoms with E-state index in [1.54, 1.807) is 12.3 Å². The normalized spacial score (nSPS) is 12.9. The maximum Gasteiger partial charge on any atom is 0.143 e. The van der Waals surface area contributed by atoms with Crippen LogP contribution in [0.5, 0.6) is 0 Å². The number of nitrogens with zero attached hydrogens (tertiary/aromatic N) is 1. The fourth-order valence-electron chi connectivity index (χ4n) is 1.01. The van der Waals surface area contributed by atoms with Crippen molar-refractivity contribution >= 4 is 27.5 Å². The van der Waals surface area contributed by atoms with E-state index in [1.807, 2.05) is 0 Å². The summed E-state index contributed by atoms with van der Waals surface area (Å²) in [5.41, 5.74) is 6.67. The molecule has 1 heterocycles. The lowest BCUT2D eigenvalue weighted by atomic mass is 10.1. The molecule has 0 radical (unpaired) electrons. The highest BCUT2D eigenvalue weighted by Crippen LogP contribution is 2.28. The monoisotopic (exact) mass is 264 g/mol. The highest BCUT2D eigenvalue weighted by atomic mass is 79.9. The Morgan fingerprint density at radius 1 is 1.69 bits per heavy atom. The minimum Gasteiger partial charge on any atom is -0.396 e. The first-order valence-corrected chi connectivity index (χ1v) is 5.00. The van der Waals surface area contributed by atoms with Crippen molar-refractivity contribution in [1.82, 2.24) is 4.98 Å². The highest BCUT2D eigenvalue weighted by Gasteiger charge is 2.11. The molecule has 0 aliphatic carbocycles. The third kappa shape index (κ3) is 2.64. The first-order chi connectivity index (χ1) is 6.16. The van der Waals surface area contributed by atoms with Crippen LogP contribution in [0.1, 0.15) is 18.0 Å². The summed E-state index contributed by atoms with van der Waals surface area (Å²) in [6.07, 6.45) is 2.11. The van der Waals surface area contributed by atoms with Crippen LogP contribution in [0.4, 0.5) is 0 Å². The summed E-state index contributed by atoms with van der Waals surface area (Å²) < 4.78 is 0.706. The minimum atomic E-state index is -0.208. The number of rotatable bonds is 3. The van der Waals surface area contributed by atoms with Crippen LogP contribution in [-0.4, -0.2) is 16.7 Å². The SMILES string of the molecule is N[C@@H](CCO)c1ccnc(Cl)c1Br. The molecular formula is C8H10BrClN2O. The van der Waals surface area contributed by atoms with Crippen LogP contribution >= 0.6 is 27.5 Å². The number of halogens is 2. The van der Waals surface area contributed by atoms with Crippen molar-refractivity contribution < 1.29 is 5.11 Å². The smallest absolute Gasteiger partial charge is 0.143 e. The van der Waals surface area contributed by atoms with Gasteiger partial charge in [-0.2, -0.15) is 0 Å². The van der Waals surface area contributed by atoms with Crippen LogP contribution in [0, 0.1) is 0 Å². The second-order valence-electron chi connectivity index (χ2n) is 2.62. The Hall–Kier alpha value is -0.160. The third-order valence-electron chi connectivity index (χ3n) is 1.72. The first kappa shape index (κ1) is 10.9. The van der Waals surface area contributed by atoms with Gasteiger partial charge in [-0.15, -0.1) is 0 Å². The van der Waals surface area contributed by atoms with Crippen LogP contribution in [0.25, 0.3) is 0 Å². The number of nitrogens with two attached hydrogens (primary N) is 1. The Balaban J connectivity index is 2.93. The van der Waals surface area contributed by atoms with Crippen molar-refractivity contribution in [2.75, 3.05) is 6.61 Å². The molecule has 0 unspecified atom stereocenters. The number of aromatic nitrogens is 1. The Bertz CT molecular complexity index is 295. The fourth-order valence-corrected chi connectivity index (χ4v) is 1.71. The van der Waals surface area contributed by atoms with Gasteiger partial charge >= 0.3 is 0 Å². The van der Waals surface area contributed by atoms with E-state index in [0.29, 0.717) is 16.0 Å². The molecule has 72 valence electrons. The molecule has 0 aliphatic heterocycles. The highest BCUT2D eigenvalue weighted by molar-refractivity contribution is 9.10. The first-order valence-electron chi connectivity index (χ1n) is 3.83. The topological polar surface area (TPSA) is 59.1 Å². The molecule has 1 aromatic rings. The van der Waals surface area contributed by atoms with E-state index in [4.69, 9.17) is 22.4 Å².